The van der Waals surface area contributed by atoms with Gasteiger partial charge in [0.25, 0.3) is 0 Å². The average Bonchev–Trinajstić information content (AvgIpc) is 3.48. The van der Waals surface area contributed by atoms with Crippen LogP contribution in [0.15, 0.2) is 102 Å². The summed E-state index contributed by atoms with van der Waals surface area (Å²) < 4.78 is 31.4. The summed E-state index contributed by atoms with van der Waals surface area (Å²) in [6, 6.07) is 31.9. The van der Waals surface area contributed by atoms with Gasteiger partial charge >= 0.3 is 0 Å². The maximum absolute atomic E-state index is 9.45. The molecule has 0 spiro atoms. The summed E-state index contributed by atoms with van der Waals surface area (Å²) in [6.07, 6.45) is -0.160. The summed E-state index contributed by atoms with van der Waals surface area (Å²) >= 11 is 0. The van der Waals surface area contributed by atoms with Crippen molar-refractivity contribution in [2.24, 2.45) is 0 Å². The fourth-order valence-corrected chi connectivity index (χ4v) is 4.95. The van der Waals surface area contributed by atoms with Crippen molar-refractivity contribution in [1.82, 2.24) is 0 Å². The van der Waals surface area contributed by atoms with Crippen molar-refractivity contribution in [2.45, 2.75) is 50.7 Å². The molecule has 0 bridgehead atoms. The van der Waals surface area contributed by atoms with E-state index in [1.807, 2.05) is 104 Å². The van der Waals surface area contributed by atoms with Crippen molar-refractivity contribution in [3.8, 4) is 6.07 Å². The van der Waals surface area contributed by atoms with Crippen LogP contribution in [0.2, 0.25) is 0 Å². The number of furan rings is 1. The molecule has 1 saturated heterocycles. The normalized spacial score (nSPS) is 22.5. The molecule has 0 aliphatic carbocycles. The van der Waals surface area contributed by atoms with E-state index in [0.29, 0.717) is 25.4 Å². The summed E-state index contributed by atoms with van der Waals surface area (Å²) in [5.74, 6) is 0.0459. The van der Waals surface area contributed by atoms with Crippen LogP contribution in [-0.2, 0) is 38.8 Å². The number of nitrogens with two attached hydrogens (primary N) is 1. The van der Waals surface area contributed by atoms with Crippen LogP contribution in [0.3, 0.4) is 0 Å². The quantitative estimate of drug-likeness (QED) is 0.259. The smallest absolute Gasteiger partial charge is 0.226 e. The van der Waals surface area contributed by atoms with Gasteiger partial charge in [0, 0.05) is 5.56 Å². The number of hydrogen-bond donors (Lipinski definition) is 1. The van der Waals surface area contributed by atoms with Gasteiger partial charge in [-0.05, 0) is 23.6 Å². The third kappa shape index (κ3) is 6.06. The zero-order chi connectivity index (χ0) is 27.1. The molecule has 2 heterocycles. The minimum atomic E-state index is -0.976. The van der Waals surface area contributed by atoms with Gasteiger partial charge in [-0.15, -0.1) is 0 Å². The van der Waals surface area contributed by atoms with E-state index in [0.717, 1.165) is 16.7 Å². The number of anilines is 1. The molecule has 1 aliphatic heterocycles. The highest BCUT2D eigenvalue weighted by atomic mass is 16.6. The Hall–Kier alpha value is -3.93. The van der Waals surface area contributed by atoms with Crippen LogP contribution in [0.5, 0.6) is 0 Å². The van der Waals surface area contributed by atoms with Gasteiger partial charge in [-0.3, -0.25) is 0 Å². The molecule has 0 amide bonds. The van der Waals surface area contributed by atoms with E-state index < -0.39 is 23.9 Å². The minimum absolute atomic E-state index is 0.0459. The van der Waals surface area contributed by atoms with Crippen LogP contribution in [0.25, 0.3) is 0 Å². The second kappa shape index (κ2) is 12.3. The predicted octanol–water partition coefficient (Wildman–Crippen LogP) is 5.95. The molecule has 4 aromatic rings. The van der Waals surface area contributed by atoms with Gasteiger partial charge in [0.05, 0.1) is 32.1 Å². The summed E-state index contributed by atoms with van der Waals surface area (Å²) in [5, 5.41) is 9.45. The zero-order valence-electron chi connectivity index (χ0n) is 21.9. The fourth-order valence-electron chi connectivity index (χ4n) is 4.95. The Labute approximate surface area is 228 Å². The van der Waals surface area contributed by atoms with Crippen LogP contribution in [0.1, 0.15) is 41.0 Å². The lowest BCUT2D eigenvalue weighted by Crippen LogP contribution is -2.47. The van der Waals surface area contributed by atoms with Crippen LogP contribution in [0.4, 0.5) is 5.69 Å². The Balaban J connectivity index is 1.45. The van der Waals surface area contributed by atoms with Crippen LogP contribution in [-0.4, -0.2) is 24.4 Å². The number of rotatable bonds is 11. The molecule has 200 valence electrons. The first kappa shape index (κ1) is 26.7. The summed E-state index contributed by atoms with van der Waals surface area (Å²) in [5.41, 5.74) is 9.26. The number of nitrogen functional groups attached to an aromatic ring is 1. The van der Waals surface area contributed by atoms with Crippen molar-refractivity contribution in [3.05, 3.63) is 125 Å². The fraction of sp³-hybridized carbons (Fsp3) is 0.281. The van der Waals surface area contributed by atoms with Crippen LogP contribution >= 0.6 is 0 Å². The molecule has 0 radical (unpaired) electrons. The van der Waals surface area contributed by atoms with Crippen LogP contribution in [0, 0.1) is 11.3 Å². The van der Waals surface area contributed by atoms with Crippen molar-refractivity contribution < 1.29 is 23.4 Å². The van der Waals surface area contributed by atoms with Gasteiger partial charge in [0.2, 0.25) is 5.76 Å². The molecule has 2 N–H and O–H groups in total. The lowest BCUT2D eigenvalue weighted by atomic mass is 9.88. The first-order chi connectivity index (χ1) is 19.1. The van der Waals surface area contributed by atoms with Crippen molar-refractivity contribution >= 4 is 5.69 Å². The van der Waals surface area contributed by atoms with Gasteiger partial charge in [0.15, 0.2) is 0 Å². The van der Waals surface area contributed by atoms with E-state index in [1.54, 1.807) is 0 Å². The van der Waals surface area contributed by atoms with E-state index in [9.17, 15) is 5.26 Å². The van der Waals surface area contributed by atoms with Crippen LogP contribution < -0.4 is 5.73 Å². The Morgan fingerprint density at radius 3 is 1.97 bits per heavy atom. The Morgan fingerprint density at radius 2 is 1.41 bits per heavy atom. The van der Waals surface area contributed by atoms with Crippen molar-refractivity contribution in [3.63, 3.8) is 0 Å². The standard InChI is InChI=1S/C32H32N2O5/c1-32(38-20-25-15-9-4-10-16-25)30(26-21-36-27(17-33)29(26)34)39-28(22-35-18-23-11-5-2-6-12-23)31(32)37-19-24-13-7-3-8-14-24/h2-16,21,28,30-31H,18-20,22,34H2,1H3/t28-,30+,31-,32+/m1/s1. The summed E-state index contributed by atoms with van der Waals surface area (Å²) in [4.78, 5) is 0. The second-order valence-corrected chi connectivity index (χ2v) is 9.78. The summed E-state index contributed by atoms with van der Waals surface area (Å²) in [7, 11) is 0. The van der Waals surface area contributed by atoms with Gasteiger partial charge in [-0.25, -0.2) is 0 Å². The molecular weight excluding hydrogens is 492 g/mol. The number of nitriles is 1. The zero-order valence-corrected chi connectivity index (χ0v) is 21.9. The lowest BCUT2D eigenvalue weighted by molar-refractivity contribution is -0.147. The van der Waals surface area contributed by atoms with Crippen molar-refractivity contribution in [1.29, 1.82) is 5.26 Å². The molecule has 1 aliphatic rings. The molecule has 4 atom stereocenters. The number of benzene rings is 3. The topological polar surface area (TPSA) is 99.9 Å². The maximum Gasteiger partial charge on any atom is 0.226 e. The molecule has 3 aromatic carbocycles. The predicted molar refractivity (Wildman–Crippen MR) is 146 cm³/mol. The van der Waals surface area contributed by atoms with Gasteiger partial charge in [0.1, 0.15) is 36.2 Å². The average molecular weight is 525 g/mol. The maximum atomic E-state index is 9.45. The molecule has 7 nitrogen and oxygen atoms in total. The van der Waals surface area contributed by atoms with E-state index in [2.05, 4.69) is 0 Å². The minimum Gasteiger partial charge on any atom is -0.451 e. The molecule has 5 rings (SSSR count). The highest BCUT2D eigenvalue weighted by molar-refractivity contribution is 5.56. The van der Waals surface area contributed by atoms with Crippen molar-refractivity contribution in [2.75, 3.05) is 12.3 Å². The monoisotopic (exact) mass is 524 g/mol. The number of nitrogens with zero attached hydrogens (tertiary/aromatic N) is 1. The SMILES string of the molecule is C[C@@]1(OCc2ccccc2)[C@H](OCc2ccccc2)[C@@H](COCc2ccccc2)O[C@H]1c1coc(C#N)c1N. The van der Waals surface area contributed by atoms with Gasteiger partial charge in [-0.1, -0.05) is 91.0 Å². The Kier molecular flexibility index (Phi) is 8.40. The molecule has 39 heavy (non-hydrogen) atoms. The third-order valence-electron chi connectivity index (χ3n) is 7.04. The molecule has 0 saturated carbocycles. The van der Waals surface area contributed by atoms with Gasteiger partial charge < -0.3 is 29.1 Å². The molecule has 7 heteroatoms. The van der Waals surface area contributed by atoms with Gasteiger partial charge in [-0.2, -0.15) is 5.26 Å². The number of ether oxygens (including phenoxy) is 4. The summed E-state index contributed by atoms with van der Waals surface area (Å²) in [6.45, 7) is 3.38. The highest BCUT2D eigenvalue weighted by Gasteiger charge is 2.57. The van der Waals surface area contributed by atoms with E-state index in [4.69, 9.17) is 29.1 Å². The van der Waals surface area contributed by atoms with E-state index >= 15 is 0 Å². The third-order valence-corrected chi connectivity index (χ3v) is 7.04. The molecule has 1 fully saturated rings. The highest BCUT2D eigenvalue weighted by Crippen LogP contribution is 2.48. The Bertz CT molecular complexity index is 1370. The second-order valence-electron chi connectivity index (χ2n) is 9.78. The van der Waals surface area contributed by atoms with E-state index in [1.165, 1.54) is 6.26 Å². The Morgan fingerprint density at radius 1 is 0.846 bits per heavy atom. The molecule has 0 unspecified atom stereocenters. The lowest BCUT2D eigenvalue weighted by Gasteiger charge is -2.35. The largest absolute Gasteiger partial charge is 0.451 e. The first-order valence-corrected chi connectivity index (χ1v) is 13.0. The van der Waals surface area contributed by atoms with E-state index in [-0.39, 0.29) is 18.1 Å². The molecular formula is C32H32N2O5. The first-order valence-electron chi connectivity index (χ1n) is 13.0. The number of hydrogen-bond acceptors (Lipinski definition) is 7. The molecule has 1 aromatic heterocycles.